The van der Waals surface area contributed by atoms with Crippen LogP contribution < -0.4 is 15.0 Å². The highest BCUT2D eigenvalue weighted by atomic mass is 16.5. The summed E-state index contributed by atoms with van der Waals surface area (Å²) in [5, 5.41) is 9.09. The molecule has 0 saturated carbocycles. The number of hydrogen-bond acceptors (Lipinski definition) is 4. The van der Waals surface area contributed by atoms with Gasteiger partial charge in [0.05, 0.1) is 13.2 Å². The maximum Gasteiger partial charge on any atom is 0.120 e. The van der Waals surface area contributed by atoms with Gasteiger partial charge in [0.2, 0.25) is 0 Å². The predicted molar refractivity (Wildman–Crippen MR) is 79.8 cm³/mol. The predicted octanol–water partition coefficient (Wildman–Crippen LogP) is 3.24. The Morgan fingerprint density at radius 1 is 1.14 bits per heavy atom. The van der Waals surface area contributed by atoms with Gasteiger partial charge in [0, 0.05) is 0 Å². The quantitative estimate of drug-likeness (QED) is 0.828. The Labute approximate surface area is 124 Å². The molecule has 0 radical (unpaired) electrons. The molecule has 0 bridgehead atoms. The second kappa shape index (κ2) is 6.16. The minimum Gasteiger partial charge on any atom is -0.497 e. The molecule has 2 aromatic rings. The number of rotatable bonds is 5. The average Bonchev–Trinajstić information content (AvgIpc) is 2.95. The van der Waals surface area contributed by atoms with Crippen molar-refractivity contribution in [2.75, 3.05) is 7.11 Å². The van der Waals surface area contributed by atoms with E-state index in [-0.39, 0.29) is 6.04 Å². The van der Waals surface area contributed by atoms with Crippen LogP contribution in [0.1, 0.15) is 29.2 Å². The van der Waals surface area contributed by atoms with E-state index in [2.05, 4.69) is 11.5 Å². The van der Waals surface area contributed by atoms with Gasteiger partial charge in [0.25, 0.3) is 0 Å². The summed E-state index contributed by atoms with van der Waals surface area (Å²) in [5.74, 6) is 1.71. The third-order valence-corrected chi connectivity index (χ3v) is 3.91. The number of aryl methyl sites for hydroxylation is 1. The van der Waals surface area contributed by atoms with Crippen LogP contribution in [-0.2, 0) is 13.0 Å². The fourth-order valence-electron chi connectivity index (χ4n) is 2.71. The smallest absolute Gasteiger partial charge is 0.120 e. The Hall–Kier alpha value is -2.04. The summed E-state index contributed by atoms with van der Waals surface area (Å²) in [6, 6.07) is 14.0. The molecule has 2 aromatic carbocycles. The topological polar surface area (TPSA) is 50.7 Å². The van der Waals surface area contributed by atoms with Gasteiger partial charge in [-0.05, 0) is 53.8 Å². The molecule has 4 heteroatoms. The molecule has 1 unspecified atom stereocenters. The van der Waals surface area contributed by atoms with Crippen molar-refractivity contribution in [3.8, 4) is 11.5 Å². The van der Waals surface area contributed by atoms with E-state index in [9.17, 15) is 0 Å². The molecule has 1 atom stereocenters. The fourth-order valence-corrected chi connectivity index (χ4v) is 2.71. The summed E-state index contributed by atoms with van der Waals surface area (Å²) in [6.07, 6.45) is 1.89. The zero-order chi connectivity index (χ0) is 14.7. The van der Waals surface area contributed by atoms with Gasteiger partial charge in [0.1, 0.15) is 18.1 Å². The van der Waals surface area contributed by atoms with Gasteiger partial charge in [0.15, 0.2) is 0 Å². The second-order valence-corrected chi connectivity index (χ2v) is 5.22. The molecule has 0 aliphatic heterocycles. The van der Waals surface area contributed by atoms with Crippen LogP contribution in [0.25, 0.3) is 0 Å². The number of hydroxylamine groups is 1. The Bertz CT molecular complexity index is 610. The van der Waals surface area contributed by atoms with Crippen LogP contribution >= 0.6 is 0 Å². The van der Waals surface area contributed by atoms with E-state index in [1.165, 1.54) is 5.56 Å². The molecule has 110 valence electrons. The highest BCUT2D eigenvalue weighted by molar-refractivity contribution is 5.40. The van der Waals surface area contributed by atoms with Crippen molar-refractivity contribution in [3.05, 3.63) is 59.2 Å². The lowest BCUT2D eigenvalue weighted by Crippen LogP contribution is -2.13. The van der Waals surface area contributed by atoms with E-state index in [1.807, 2.05) is 36.4 Å². The summed E-state index contributed by atoms with van der Waals surface area (Å²) in [5.41, 5.74) is 5.86. The summed E-state index contributed by atoms with van der Waals surface area (Å²) < 4.78 is 11.0. The van der Waals surface area contributed by atoms with E-state index in [4.69, 9.17) is 14.7 Å². The number of nitrogens with one attached hydrogen (secondary N) is 1. The molecule has 3 rings (SSSR count). The lowest BCUT2D eigenvalue weighted by molar-refractivity contribution is 0.126. The lowest BCUT2D eigenvalue weighted by Gasteiger charge is -2.11. The first kappa shape index (κ1) is 13.9. The lowest BCUT2D eigenvalue weighted by atomic mass is 10.1. The van der Waals surface area contributed by atoms with E-state index in [1.54, 1.807) is 7.11 Å². The molecular weight excluding hydrogens is 266 g/mol. The highest BCUT2D eigenvalue weighted by Crippen LogP contribution is 2.33. The molecule has 1 aliphatic rings. The van der Waals surface area contributed by atoms with Gasteiger partial charge >= 0.3 is 0 Å². The monoisotopic (exact) mass is 285 g/mol. The maximum atomic E-state index is 9.09. The van der Waals surface area contributed by atoms with Gasteiger partial charge in [-0.1, -0.05) is 18.2 Å². The third kappa shape index (κ3) is 3.01. The second-order valence-electron chi connectivity index (χ2n) is 5.22. The number of methoxy groups -OCH3 is 1. The summed E-state index contributed by atoms with van der Waals surface area (Å²) >= 11 is 0. The van der Waals surface area contributed by atoms with Crippen LogP contribution in [0.5, 0.6) is 11.5 Å². The van der Waals surface area contributed by atoms with E-state index >= 15 is 0 Å². The van der Waals surface area contributed by atoms with Crippen LogP contribution in [0.3, 0.4) is 0 Å². The summed E-state index contributed by atoms with van der Waals surface area (Å²) in [4.78, 5) is 0. The van der Waals surface area contributed by atoms with Crippen LogP contribution in [0, 0.1) is 0 Å². The van der Waals surface area contributed by atoms with Gasteiger partial charge in [-0.2, -0.15) is 5.48 Å². The van der Waals surface area contributed by atoms with Gasteiger partial charge < -0.3 is 14.7 Å². The molecule has 0 amide bonds. The van der Waals surface area contributed by atoms with Gasteiger partial charge in [-0.25, -0.2) is 0 Å². The van der Waals surface area contributed by atoms with Crippen molar-refractivity contribution in [2.45, 2.75) is 25.5 Å². The SMILES string of the molecule is COc1ccc(COc2ccc3c(c2)CCC3NO)cc1. The molecule has 4 nitrogen and oxygen atoms in total. The molecule has 0 saturated heterocycles. The van der Waals surface area contributed by atoms with Gasteiger partial charge in [-0.3, -0.25) is 0 Å². The van der Waals surface area contributed by atoms with Crippen LogP contribution in [0.15, 0.2) is 42.5 Å². The normalized spacial score (nSPS) is 16.6. The zero-order valence-corrected chi connectivity index (χ0v) is 12.0. The Balaban J connectivity index is 1.65. The van der Waals surface area contributed by atoms with E-state index in [0.29, 0.717) is 6.61 Å². The molecule has 1 aliphatic carbocycles. The first-order valence-electron chi connectivity index (χ1n) is 7.08. The van der Waals surface area contributed by atoms with E-state index < -0.39 is 0 Å². The maximum absolute atomic E-state index is 9.09. The Kier molecular flexibility index (Phi) is 4.08. The minimum atomic E-state index is 0.0515. The third-order valence-electron chi connectivity index (χ3n) is 3.91. The molecule has 0 spiro atoms. The van der Waals surface area contributed by atoms with Crippen molar-refractivity contribution in [1.29, 1.82) is 0 Å². The van der Waals surface area contributed by atoms with Gasteiger partial charge in [-0.15, -0.1) is 0 Å². The highest BCUT2D eigenvalue weighted by Gasteiger charge is 2.21. The van der Waals surface area contributed by atoms with Crippen molar-refractivity contribution >= 4 is 0 Å². The Morgan fingerprint density at radius 2 is 1.90 bits per heavy atom. The fraction of sp³-hybridized carbons (Fsp3) is 0.294. The van der Waals surface area contributed by atoms with Crippen molar-refractivity contribution in [3.63, 3.8) is 0 Å². The van der Waals surface area contributed by atoms with Crippen molar-refractivity contribution in [1.82, 2.24) is 5.48 Å². The standard InChI is InChI=1S/C17H19NO3/c1-20-14-5-2-12(3-6-14)11-21-15-7-8-16-13(10-15)4-9-17(16)18-19/h2-3,5-8,10,17-19H,4,9,11H2,1H3. The molecular formula is C17H19NO3. The molecule has 2 N–H and O–H groups in total. The molecule has 0 fully saturated rings. The first-order chi connectivity index (χ1) is 10.3. The van der Waals surface area contributed by atoms with Crippen LogP contribution in [-0.4, -0.2) is 12.3 Å². The average molecular weight is 285 g/mol. The van der Waals surface area contributed by atoms with E-state index in [0.717, 1.165) is 35.5 Å². The summed E-state index contributed by atoms with van der Waals surface area (Å²) in [7, 11) is 1.66. The molecule has 0 heterocycles. The van der Waals surface area contributed by atoms with Crippen molar-refractivity contribution in [2.24, 2.45) is 0 Å². The summed E-state index contributed by atoms with van der Waals surface area (Å²) in [6.45, 7) is 0.532. The number of ether oxygens (including phenoxy) is 2. The van der Waals surface area contributed by atoms with Crippen LogP contribution in [0.2, 0.25) is 0 Å². The van der Waals surface area contributed by atoms with Crippen molar-refractivity contribution < 1.29 is 14.7 Å². The first-order valence-corrected chi connectivity index (χ1v) is 7.08. The number of benzene rings is 2. The minimum absolute atomic E-state index is 0.0515. The number of fused-ring (bicyclic) bond motifs is 1. The van der Waals surface area contributed by atoms with Crippen LogP contribution in [0.4, 0.5) is 0 Å². The number of hydrogen-bond donors (Lipinski definition) is 2. The molecule has 0 aromatic heterocycles. The molecule has 21 heavy (non-hydrogen) atoms. The largest absolute Gasteiger partial charge is 0.497 e. The zero-order valence-electron chi connectivity index (χ0n) is 12.0. The Morgan fingerprint density at radius 3 is 2.62 bits per heavy atom.